The quantitative estimate of drug-likeness (QED) is 0.636. The minimum absolute atomic E-state index is 0.0752. The fraction of sp³-hybridized carbons (Fsp3) is 0.500. The van der Waals surface area contributed by atoms with Crippen LogP contribution in [0.1, 0.15) is 12.8 Å². The van der Waals surface area contributed by atoms with Gasteiger partial charge < -0.3 is 5.32 Å². The summed E-state index contributed by atoms with van der Waals surface area (Å²) in [6.07, 6.45) is 3.46. The molecule has 2 atom stereocenters. The van der Waals surface area contributed by atoms with Gasteiger partial charge in [0, 0.05) is 24.1 Å². The number of nitrogens with zero attached hydrogens (tertiary/aromatic N) is 2. The van der Waals surface area contributed by atoms with E-state index < -0.39 is 15.7 Å². The molecule has 6 nitrogen and oxygen atoms in total. The maximum Gasteiger partial charge on any atom is 0.303 e. The average Bonchev–Trinajstić information content (AvgIpc) is 2.81. The third-order valence-electron chi connectivity index (χ3n) is 2.68. The third kappa shape index (κ3) is 2.86. The lowest BCUT2D eigenvalue weighted by atomic mass is 10.3. The molecule has 0 radical (unpaired) electrons. The van der Waals surface area contributed by atoms with Crippen molar-refractivity contribution in [2.75, 3.05) is 12.3 Å². The van der Waals surface area contributed by atoms with Crippen molar-refractivity contribution >= 4 is 16.5 Å². The van der Waals surface area contributed by atoms with E-state index in [2.05, 4.69) is 10.3 Å². The van der Waals surface area contributed by atoms with E-state index in [-0.39, 0.29) is 16.8 Å². The van der Waals surface area contributed by atoms with Crippen LogP contribution in [-0.4, -0.2) is 32.5 Å². The standard InChI is InChI=1S/C10H13N3O3S/c14-13(15)9-4-2-6-12-10(9)17(16)7-8-3-1-5-11-8/h2,4,6,8,11H,1,3,5,7H2. The van der Waals surface area contributed by atoms with Crippen molar-refractivity contribution in [1.29, 1.82) is 0 Å². The van der Waals surface area contributed by atoms with Gasteiger partial charge in [0.05, 0.1) is 15.7 Å². The molecule has 92 valence electrons. The van der Waals surface area contributed by atoms with Crippen LogP contribution in [0.25, 0.3) is 0 Å². The zero-order chi connectivity index (χ0) is 12.3. The van der Waals surface area contributed by atoms with Gasteiger partial charge in [0.15, 0.2) is 0 Å². The average molecular weight is 255 g/mol. The van der Waals surface area contributed by atoms with Crippen molar-refractivity contribution in [3.8, 4) is 0 Å². The molecule has 1 aromatic heterocycles. The molecule has 0 spiro atoms. The van der Waals surface area contributed by atoms with Crippen molar-refractivity contribution in [1.82, 2.24) is 10.3 Å². The Kier molecular flexibility index (Phi) is 3.80. The van der Waals surface area contributed by atoms with Gasteiger partial charge in [0.1, 0.15) is 0 Å². The molecular weight excluding hydrogens is 242 g/mol. The van der Waals surface area contributed by atoms with Gasteiger partial charge in [-0.05, 0) is 25.5 Å². The second-order valence-corrected chi connectivity index (χ2v) is 5.30. The van der Waals surface area contributed by atoms with Gasteiger partial charge in [0.2, 0.25) is 5.03 Å². The van der Waals surface area contributed by atoms with Crippen LogP contribution >= 0.6 is 0 Å². The van der Waals surface area contributed by atoms with Gasteiger partial charge >= 0.3 is 5.69 Å². The van der Waals surface area contributed by atoms with Crippen molar-refractivity contribution in [3.05, 3.63) is 28.4 Å². The summed E-state index contributed by atoms with van der Waals surface area (Å²) in [4.78, 5) is 14.1. The van der Waals surface area contributed by atoms with E-state index in [1.807, 2.05) is 0 Å². The minimum atomic E-state index is -1.42. The Morgan fingerprint density at radius 2 is 2.47 bits per heavy atom. The summed E-state index contributed by atoms with van der Waals surface area (Å²) >= 11 is 0. The van der Waals surface area contributed by atoms with Crippen LogP contribution in [0.15, 0.2) is 23.4 Å². The maximum absolute atomic E-state index is 12.0. The molecule has 0 aliphatic carbocycles. The molecule has 1 aliphatic heterocycles. The Hall–Kier alpha value is -1.34. The van der Waals surface area contributed by atoms with Crippen LogP contribution in [0.3, 0.4) is 0 Å². The topological polar surface area (TPSA) is 85.1 Å². The van der Waals surface area contributed by atoms with Gasteiger partial charge in [0.25, 0.3) is 0 Å². The van der Waals surface area contributed by atoms with Gasteiger partial charge in [-0.2, -0.15) is 0 Å². The van der Waals surface area contributed by atoms with Crippen molar-refractivity contribution in [3.63, 3.8) is 0 Å². The molecule has 0 saturated carbocycles. The van der Waals surface area contributed by atoms with Crippen LogP contribution in [0.2, 0.25) is 0 Å². The summed E-state index contributed by atoms with van der Waals surface area (Å²) in [5.74, 6) is 0.387. The first-order valence-electron chi connectivity index (χ1n) is 5.39. The highest BCUT2D eigenvalue weighted by Crippen LogP contribution is 2.20. The minimum Gasteiger partial charge on any atom is -0.313 e. The molecule has 1 saturated heterocycles. The normalized spacial score (nSPS) is 21.3. The van der Waals surface area contributed by atoms with Crippen LogP contribution in [-0.2, 0) is 10.8 Å². The molecule has 1 aliphatic rings. The summed E-state index contributed by atoms with van der Waals surface area (Å²) in [5, 5.41) is 14.1. The van der Waals surface area contributed by atoms with E-state index in [4.69, 9.17) is 0 Å². The summed E-state index contributed by atoms with van der Waals surface area (Å²) in [5.41, 5.74) is -0.163. The molecule has 1 N–H and O–H groups in total. The molecule has 0 bridgehead atoms. The first-order chi connectivity index (χ1) is 8.18. The first-order valence-corrected chi connectivity index (χ1v) is 6.71. The summed E-state index contributed by atoms with van der Waals surface area (Å²) in [7, 11) is -1.42. The Labute approximate surface area is 101 Å². The maximum atomic E-state index is 12.0. The van der Waals surface area contributed by atoms with Crippen LogP contribution in [0, 0.1) is 10.1 Å². The molecule has 2 heterocycles. The number of pyridine rings is 1. The number of nitro groups is 1. The van der Waals surface area contributed by atoms with E-state index >= 15 is 0 Å². The fourth-order valence-corrected chi connectivity index (χ4v) is 3.22. The zero-order valence-electron chi connectivity index (χ0n) is 9.17. The lowest BCUT2D eigenvalue weighted by Gasteiger charge is -2.08. The lowest BCUT2D eigenvalue weighted by molar-refractivity contribution is -0.388. The predicted molar refractivity (Wildman–Crippen MR) is 63.2 cm³/mol. The Morgan fingerprint density at radius 3 is 3.12 bits per heavy atom. The molecule has 0 amide bonds. The first kappa shape index (κ1) is 12.1. The van der Waals surface area contributed by atoms with Gasteiger partial charge in [-0.25, -0.2) is 4.98 Å². The summed E-state index contributed by atoms with van der Waals surface area (Å²) < 4.78 is 12.0. The largest absolute Gasteiger partial charge is 0.313 e. The van der Waals surface area contributed by atoms with E-state index in [9.17, 15) is 14.3 Å². The van der Waals surface area contributed by atoms with E-state index in [0.29, 0.717) is 5.75 Å². The summed E-state index contributed by atoms with van der Waals surface area (Å²) in [6, 6.07) is 2.99. The van der Waals surface area contributed by atoms with Crippen molar-refractivity contribution < 1.29 is 9.13 Å². The molecule has 7 heteroatoms. The van der Waals surface area contributed by atoms with Crippen molar-refractivity contribution in [2.45, 2.75) is 23.9 Å². The molecule has 17 heavy (non-hydrogen) atoms. The third-order valence-corrected chi connectivity index (χ3v) is 4.13. The van der Waals surface area contributed by atoms with Crippen molar-refractivity contribution in [2.24, 2.45) is 0 Å². The predicted octanol–water partition coefficient (Wildman–Crippen LogP) is 0.849. The molecule has 2 unspecified atom stereocenters. The van der Waals surface area contributed by atoms with E-state index in [0.717, 1.165) is 19.4 Å². The molecule has 1 aromatic rings. The number of nitrogens with one attached hydrogen (secondary N) is 1. The summed E-state index contributed by atoms with van der Waals surface area (Å²) in [6.45, 7) is 0.923. The molecule has 1 fully saturated rings. The number of hydrogen-bond donors (Lipinski definition) is 1. The lowest BCUT2D eigenvalue weighted by Crippen LogP contribution is -2.28. The highest BCUT2D eigenvalue weighted by atomic mass is 32.2. The van der Waals surface area contributed by atoms with Crippen LogP contribution in [0.5, 0.6) is 0 Å². The number of rotatable bonds is 4. The Balaban J connectivity index is 2.15. The second kappa shape index (κ2) is 5.33. The van der Waals surface area contributed by atoms with E-state index in [1.54, 1.807) is 0 Å². The van der Waals surface area contributed by atoms with Crippen LogP contribution < -0.4 is 5.32 Å². The molecule has 0 aromatic carbocycles. The fourth-order valence-electron chi connectivity index (χ4n) is 1.86. The van der Waals surface area contributed by atoms with Gasteiger partial charge in [-0.15, -0.1) is 0 Å². The molecular formula is C10H13N3O3S. The Morgan fingerprint density at radius 1 is 1.65 bits per heavy atom. The highest BCUT2D eigenvalue weighted by Gasteiger charge is 2.24. The highest BCUT2D eigenvalue weighted by molar-refractivity contribution is 7.85. The van der Waals surface area contributed by atoms with E-state index in [1.165, 1.54) is 18.3 Å². The zero-order valence-corrected chi connectivity index (χ0v) is 9.98. The number of hydrogen-bond acceptors (Lipinski definition) is 5. The van der Waals surface area contributed by atoms with Gasteiger partial charge in [-0.1, -0.05) is 0 Å². The number of aromatic nitrogens is 1. The SMILES string of the molecule is O=[N+]([O-])c1cccnc1S(=O)CC1CCCN1. The van der Waals surface area contributed by atoms with Crippen LogP contribution in [0.4, 0.5) is 5.69 Å². The Bertz CT molecular complexity index is 446. The smallest absolute Gasteiger partial charge is 0.303 e. The second-order valence-electron chi connectivity index (χ2n) is 3.89. The van der Waals surface area contributed by atoms with Gasteiger partial charge in [-0.3, -0.25) is 14.3 Å². The molecule has 2 rings (SSSR count). The monoisotopic (exact) mass is 255 g/mol.